The number of aliphatic hydroxyl groups is 1. The van der Waals surface area contributed by atoms with Crippen LogP contribution in [0.4, 0.5) is 8.78 Å². The third kappa shape index (κ3) is 5.72. The lowest BCUT2D eigenvalue weighted by molar-refractivity contribution is 0.0893. The van der Waals surface area contributed by atoms with Crippen LogP contribution in [0.25, 0.3) is 10.8 Å². The molecule has 172 valence electrons. The molecule has 3 rings (SSSR count). The fraction of sp³-hybridized carbons (Fsp3) is 0.333. The number of hydrogen-bond acceptors (Lipinski definition) is 4. The van der Waals surface area contributed by atoms with Crippen LogP contribution in [0.2, 0.25) is 0 Å². The van der Waals surface area contributed by atoms with E-state index in [2.05, 4.69) is 6.07 Å². The van der Waals surface area contributed by atoms with Gasteiger partial charge in [-0.3, -0.25) is 0 Å². The van der Waals surface area contributed by atoms with Gasteiger partial charge < -0.3 is 14.2 Å². The van der Waals surface area contributed by atoms with Crippen molar-refractivity contribution in [2.24, 2.45) is 0 Å². The van der Waals surface area contributed by atoms with Crippen LogP contribution in [0.1, 0.15) is 28.1 Å². The molecule has 0 heterocycles. The lowest BCUT2D eigenvalue weighted by atomic mass is 10.1. The quantitative estimate of drug-likeness (QED) is 0.327. The molecule has 0 aliphatic carbocycles. The Morgan fingerprint density at radius 3 is 2.00 bits per heavy atom. The highest BCUT2D eigenvalue weighted by atomic mass is 32.2. The van der Waals surface area contributed by atoms with Crippen LogP contribution in [0.15, 0.2) is 60.7 Å². The Labute approximate surface area is 192 Å². The van der Waals surface area contributed by atoms with Crippen molar-refractivity contribution in [3.63, 3.8) is 0 Å². The number of fused-ring (bicyclic) bond motifs is 1. The summed E-state index contributed by atoms with van der Waals surface area (Å²) in [6.07, 6.45) is 0. The van der Waals surface area contributed by atoms with E-state index in [4.69, 9.17) is 0 Å². The average molecular weight is 496 g/mol. The number of aliphatic hydroxyl groups excluding tert-OH is 1. The molecule has 1 atom stereocenters. The molecule has 3 aromatic rings. The molecule has 0 aromatic heterocycles. The van der Waals surface area contributed by atoms with E-state index in [9.17, 15) is 23.0 Å². The van der Waals surface area contributed by atoms with Crippen molar-refractivity contribution in [3.8, 4) is 0 Å². The molecule has 0 fully saturated rings. The smallest absolute Gasteiger partial charge is 0.322 e. The number of hydrogen-bond donors (Lipinski definition) is 1. The molecule has 0 aliphatic heterocycles. The molecular weight excluding hydrogens is 468 g/mol. The molecule has 0 bridgehead atoms. The molecule has 0 aliphatic rings. The van der Waals surface area contributed by atoms with E-state index in [0.717, 1.165) is 41.0 Å². The standard InChI is InChI=1S/C24H28F2O3P2S/c1-30(2,28)23(27)20-10-9-19-8-5-18(13-21(19)14-20)16-32-15-17-6-11-22(12-7-17)24(25,26)31(3,4)29/h5-14,23,27H,15-16H2,1-4H3. The van der Waals surface area contributed by atoms with E-state index in [-0.39, 0.29) is 5.56 Å². The Bertz CT molecular complexity index is 1200. The van der Waals surface area contributed by atoms with Gasteiger partial charge in [-0.2, -0.15) is 20.5 Å². The predicted molar refractivity (Wildman–Crippen MR) is 133 cm³/mol. The molecule has 32 heavy (non-hydrogen) atoms. The van der Waals surface area contributed by atoms with Crippen molar-refractivity contribution in [3.05, 3.63) is 82.9 Å². The van der Waals surface area contributed by atoms with E-state index in [1.807, 2.05) is 30.3 Å². The van der Waals surface area contributed by atoms with Crippen molar-refractivity contribution in [1.82, 2.24) is 0 Å². The molecule has 0 saturated heterocycles. The highest BCUT2D eigenvalue weighted by molar-refractivity contribution is 7.97. The van der Waals surface area contributed by atoms with Crippen LogP contribution in [-0.2, 0) is 26.3 Å². The average Bonchev–Trinajstić information content (AvgIpc) is 2.71. The fourth-order valence-electron chi connectivity index (χ4n) is 3.32. The van der Waals surface area contributed by atoms with Crippen molar-refractivity contribution < 1.29 is 23.0 Å². The van der Waals surface area contributed by atoms with E-state index in [0.29, 0.717) is 11.3 Å². The third-order valence-corrected chi connectivity index (χ3v) is 9.49. The van der Waals surface area contributed by atoms with Crippen molar-refractivity contribution in [2.75, 3.05) is 26.7 Å². The molecule has 0 radical (unpaired) electrons. The first kappa shape index (κ1) is 25.2. The van der Waals surface area contributed by atoms with Crippen molar-refractivity contribution in [1.29, 1.82) is 0 Å². The molecule has 8 heteroatoms. The molecule has 3 nitrogen and oxygen atoms in total. The maximum absolute atomic E-state index is 14.2. The van der Waals surface area contributed by atoms with Gasteiger partial charge in [0.15, 0.2) is 7.14 Å². The minimum Gasteiger partial charge on any atom is -0.381 e. The third-order valence-electron chi connectivity index (χ3n) is 5.33. The summed E-state index contributed by atoms with van der Waals surface area (Å²) in [4.78, 5) is 0. The molecule has 0 saturated carbocycles. The van der Waals surface area contributed by atoms with Gasteiger partial charge in [0.2, 0.25) is 0 Å². The zero-order valence-corrected chi connectivity index (χ0v) is 21.2. The van der Waals surface area contributed by atoms with Gasteiger partial charge in [-0.05, 0) is 60.2 Å². The molecule has 0 amide bonds. The maximum atomic E-state index is 14.2. The first-order chi connectivity index (χ1) is 14.8. The van der Waals surface area contributed by atoms with Crippen LogP contribution in [-0.4, -0.2) is 31.8 Å². The van der Waals surface area contributed by atoms with Gasteiger partial charge in [0.05, 0.1) is 0 Å². The van der Waals surface area contributed by atoms with E-state index >= 15 is 0 Å². The number of benzene rings is 3. The van der Waals surface area contributed by atoms with Gasteiger partial charge in [0, 0.05) is 17.1 Å². The van der Waals surface area contributed by atoms with E-state index in [1.165, 1.54) is 12.1 Å². The Morgan fingerprint density at radius 1 is 0.844 bits per heavy atom. The fourth-order valence-corrected chi connectivity index (χ4v) is 5.92. The van der Waals surface area contributed by atoms with Crippen molar-refractivity contribution >= 4 is 36.8 Å². The van der Waals surface area contributed by atoms with E-state index < -0.39 is 25.8 Å². The summed E-state index contributed by atoms with van der Waals surface area (Å²) in [7, 11) is -6.23. The molecule has 1 N–H and O–H groups in total. The molecule has 0 spiro atoms. The molecule has 3 aromatic carbocycles. The van der Waals surface area contributed by atoms with Gasteiger partial charge in [-0.25, -0.2) is 0 Å². The van der Waals surface area contributed by atoms with Gasteiger partial charge in [0.25, 0.3) is 0 Å². The minimum atomic E-state index is -3.58. The highest BCUT2D eigenvalue weighted by Crippen LogP contribution is 2.60. The number of halogens is 2. The zero-order chi connectivity index (χ0) is 23.7. The Morgan fingerprint density at radius 2 is 1.41 bits per heavy atom. The predicted octanol–water partition coefficient (Wildman–Crippen LogP) is 7.56. The van der Waals surface area contributed by atoms with Crippen LogP contribution in [0.3, 0.4) is 0 Å². The summed E-state index contributed by atoms with van der Waals surface area (Å²) in [5.41, 5.74) is -0.859. The Kier molecular flexibility index (Phi) is 7.42. The normalized spacial score (nSPS) is 14.0. The van der Waals surface area contributed by atoms with Crippen LogP contribution < -0.4 is 0 Å². The summed E-state index contributed by atoms with van der Waals surface area (Å²) in [5.74, 6) is 0.419. The summed E-state index contributed by atoms with van der Waals surface area (Å²) in [6.45, 7) is 5.36. The van der Waals surface area contributed by atoms with Crippen LogP contribution in [0, 0.1) is 0 Å². The Hall–Kier alpha value is -1.45. The summed E-state index contributed by atoms with van der Waals surface area (Å²) in [6, 6.07) is 17.8. The largest absolute Gasteiger partial charge is 0.381 e. The second kappa shape index (κ2) is 9.43. The first-order valence-electron chi connectivity index (χ1n) is 10.1. The number of alkyl halides is 2. The monoisotopic (exact) mass is 496 g/mol. The lowest BCUT2D eigenvalue weighted by Crippen LogP contribution is -2.12. The topological polar surface area (TPSA) is 54.4 Å². The highest BCUT2D eigenvalue weighted by Gasteiger charge is 2.44. The van der Waals surface area contributed by atoms with Crippen LogP contribution in [0.5, 0.6) is 0 Å². The lowest BCUT2D eigenvalue weighted by Gasteiger charge is -2.21. The second-order valence-electron chi connectivity index (χ2n) is 8.83. The van der Waals surface area contributed by atoms with Gasteiger partial charge in [0.1, 0.15) is 13.0 Å². The maximum Gasteiger partial charge on any atom is 0.322 e. The van der Waals surface area contributed by atoms with E-state index in [1.54, 1.807) is 37.2 Å². The van der Waals surface area contributed by atoms with Gasteiger partial charge >= 0.3 is 5.66 Å². The van der Waals surface area contributed by atoms with Gasteiger partial charge in [-0.15, -0.1) is 0 Å². The minimum absolute atomic E-state index is 0.212. The zero-order valence-electron chi connectivity index (χ0n) is 18.6. The first-order valence-corrected chi connectivity index (χ1v) is 16.6. The SMILES string of the molecule is CP(C)(=O)C(O)c1ccc2ccc(CSCc3ccc(C(F)(F)P(C)(C)=O)cc3)cc2c1. The van der Waals surface area contributed by atoms with Crippen molar-refractivity contribution in [2.45, 2.75) is 23.0 Å². The van der Waals surface area contributed by atoms with Gasteiger partial charge in [-0.1, -0.05) is 54.6 Å². The number of thioether (sulfide) groups is 1. The number of rotatable bonds is 8. The Balaban J connectivity index is 1.67. The second-order valence-corrected chi connectivity index (χ2v) is 16.4. The summed E-state index contributed by atoms with van der Waals surface area (Å²) >= 11 is 1.67. The summed E-state index contributed by atoms with van der Waals surface area (Å²) in [5, 5.41) is 12.4. The summed E-state index contributed by atoms with van der Waals surface area (Å²) < 4.78 is 52.6. The molecule has 1 unspecified atom stereocenters. The molecular formula is C24H28F2O3P2S. The van der Waals surface area contributed by atoms with Crippen LogP contribution >= 0.6 is 26.0 Å².